The molecule has 1 aliphatic heterocycles. The molecule has 0 atom stereocenters. The molecule has 0 aromatic carbocycles. The lowest BCUT2D eigenvalue weighted by Crippen LogP contribution is -2.46. The maximum Gasteiger partial charge on any atom is 0.331 e. The molecule has 152 valence electrons. The molecule has 0 bridgehead atoms. The molecule has 0 radical (unpaired) electrons. The van der Waals surface area contributed by atoms with E-state index >= 15 is 0 Å². The second kappa shape index (κ2) is 9.83. The number of carbonyl (C=O) groups is 3. The van der Waals surface area contributed by atoms with Crippen molar-refractivity contribution < 1.29 is 33.3 Å². The summed E-state index contributed by atoms with van der Waals surface area (Å²) in [5.41, 5.74) is 2.00. The molecule has 7 nitrogen and oxygen atoms in total. The number of unbranched alkanes of at least 4 members (excludes halogenated alkanes) is 1. The summed E-state index contributed by atoms with van der Waals surface area (Å²) in [6.07, 6.45) is 2.36. The number of Topliss-reactive ketones (excluding diaryl/α,β-unsaturated/α-hetero) is 1. The lowest BCUT2D eigenvalue weighted by molar-refractivity contribution is -0.169. The van der Waals surface area contributed by atoms with Gasteiger partial charge in [0.2, 0.25) is 5.41 Å². The molecule has 0 N–H and O–H groups in total. The number of ether oxygens (including phenoxy) is 4. The SMILES string of the molecule is CCCCC(=C=C(C)CC1(C)OCCO1)C(=O)C(C)(C(=O)OC)C(=O)OC. The predicted molar refractivity (Wildman–Crippen MR) is 97.8 cm³/mol. The van der Waals surface area contributed by atoms with Crippen molar-refractivity contribution in [1.82, 2.24) is 0 Å². The Bertz CT molecular complexity index is 619. The summed E-state index contributed by atoms with van der Waals surface area (Å²) in [4.78, 5) is 37.6. The average molecular weight is 382 g/mol. The van der Waals surface area contributed by atoms with Crippen molar-refractivity contribution in [3.63, 3.8) is 0 Å². The van der Waals surface area contributed by atoms with Gasteiger partial charge in [-0.3, -0.25) is 14.4 Å². The zero-order valence-electron chi connectivity index (χ0n) is 17.1. The molecule has 0 unspecified atom stereocenters. The van der Waals surface area contributed by atoms with Crippen LogP contribution in [0.3, 0.4) is 0 Å². The van der Waals surface area contributed by atoms with E-state index < -0.39 is 28.9 Å². The van der Waals surface area contributed by atoms with Gasteiger partial charge in [0.25, 0.3) is 0 Å². The monoisotopic (exact) mass is 382 g/mol. The predicted octanol–water partition coefficient (Wildman–Crippen LogP) is 2.72. The minimum absolute atomic E-state index is 0.259. The third-order valence-electron chi connectivity index (χ3n) is 4.54. The molecule has 0 aromatic heterocycles. The highest BCUT2D eigenvalue weighted by molar-refractivity contribution is 6.24. The van der Waals surface area contributed by atoms with E-state index in [1.165, 1.54) is 6.92 Å². The number of methoxy groups -OCH3 is 2. The van der Waals surface area contributed by atoms with Crippen molar-refractivity contribution >= 4 is 17.7 Å². The van der Waals surface area contributed by atoms with Gasteiger partial charge in [-0.05, 0) is 39.2 Å². The molecule has 0 saturated carbocycles. The van der Waals surface area contributed by atoms with Gasteiger partial charge in [-0.1, -0.05) is 13.3 Å². The Morgan fingerprint density at radius 3 is 2.07 bits per heavy atom. The summed E-state index contributed by atoms with van der Waals surface area (Å²) < 4.78 is 20.6. The van der Waals surface area contributed by atoms with Gasteiger partial charge in [0.1, 0.15) is 0 Å². The number of hydrogen-bond acceptors (Lipinski definition) is 7. The average Bonchev–Trinajstić information content (AvgIpc) is 3.07. The third kappa shape index (κ3) is 5.51. The Morgan fingerprint density at radius 1 is 1.11 bits per heavy atom. The Kier molecular flexibility index (Phi) is 8.41. The molecular formula is C20H30O7. The highest BCUT2D eigenvalue weighted by Gasteiger charge is 2.51. The fraction of sp³-hybridized carbons (Fsp3) is 0.700. The summed E-state index contributed by atoms with van der Waals surface area (Å²) >= 11 is 0. The van der Waals surface area contributed by atoms with Crippen LogP contribution in [0.2, 0.25) is 0 Å². The quantitative estimate of drug-likeness (QED) is 0.262. The highest BCUT2D eigenvalue weighted by Crippen LogP contribution is 2.30. The summed E-state index contributed by atoms with van der Waals surface area (Å²) in [5, 5.41) is 0. The molecule has 0 spiro atoms. The van der Waals surface area contributed by atoms with E-state index in [1.54, 1.807) is 0 Å². The van der Waals surface area contributed by atoms with Gasteiger partial charge in [-0.15, -0.1) is 5.73 Å². The molecule has 7 heteroatoms. The highest BCUT2D eigenvalue weighted by atomic mass is 16.7. The first kappa shape index (κ1) is 23.1. The molecule has 1 heterocycles. The minimum Gasteiger partial charge on any atom is -0.468 e. The fourth-order valence-electron chi connectivity index (χ4n) is 3.01. The Morgan fingerprint density at radius 2 is 1.63 bits per heavy atom. The van der Waals surface area contributed by atoms with Crippen molar-refractivity contribution in [2.24, 2.45) is 5.41 Å². The fourth-order valence-corrected chi connectivity index (χ4v) is 3.01. The molecule has 1 aliphatic rings. The van der Waals surface area contributed by atoms with E-state index in [-0.39, 0.29) is 5.57 Å². The van der Waals surface area contributed by atoms with E-state index in [1.807, 2.05) is 20.8 Å². The summed E-state index contributed by atoms with van der Waals surface area (Å²) in [6.45, 7) is 7.87. The van der Waals surface area contributed by atoms with Crippen LogP contribution >= 0.6 is 0 Å². The lowest BCUT2D eigenvalue weighted by atomic mass is 9.80. The molecule has 1 saturated heterocycles. The Labute approximate surface area is 160 Å². The largest absolute Gasteiger partial charge is 0.468 e. The van der Waals surface area contributed by atoms with Crippen molar-refractivity contribution in [1.29, 1.82) is 0 Å². The summed E-state index contributed by atoms with van der Waals surface area (Å²) in [6, 6.07) is 0. The van der Waals surface area contributed by atoms with E-state index in [4.69, 9.17) is 18.9 Å². The standard InChI is InChI=1S/C20H30O7/c1-7-8-9-15(12-14(2)13-19(3)26-10-11-27-19)16(21)20(4,17(22)24-5)18(23)25-6/h7-11,13H2,1-6H3. The maximum atomic E-state index is 13.1. The van der Waals surface area contributed by atoms with Crippen LogP contribution in [0, 0.1) is 5.41 Å². The minimum atomic E-state index is -2.07. The summed E-state index contributed by atoms with van der Waals surface area (Å²) in [5.74, 6) is -3.33. The number of carbonyl (C=O) groups excluding carboxylic acids is 3. The zero-order chi connectivity index (χ0) is 20.7. The van der Waals surface area contributed by atoms with Crippen molar-refractivity contribution in [3.8, 4) is 0 Å². The molecular weight excluding hydrogens is 352 g/mol. The Hall–Kier alpha value is -1.95. The van der Waals surface area contributed by atoms with Crippen molar-refractivity contribution in [3.05, 3.63) is 16.9 Å². The normalized spacial score (nSPS) is 15.6. The van der Waals surface area contributed by atoms with Crippen molar-refractivity contribution in [2.45, 2.75) is 59.2 Å². The number of rotatable bonds is 9. The molecule has 27 heavy (non-hydrogen) atoms. The van der Waals surface area contributed by atoms with E-state index in [0.29, 0.717) is 32.5 Å². The van der Waals surface area contributed by atoms with Crippen LogP contribution in [0.1, 0.15) is 53.4 Å². The van der Waals surface area contributed by atoms with Crippen LogP contribution in [-0.2, 0) is 33.3 Å². The smallest absolute Gasteiger partial charge is 0.331 e. The first-order valence-corrected chi connectivity index (χ1v) is 9.09. The van der Waals surface area contributed by atoms with Crippen LogP contribution in [0.25, 0.3) is 0 Å². The second-order valence-corrected chi connectivity index (χ2v) is 6.93. The first-order chi connectivity index (χ1) is 12.6. The van der Waals surface area contributed by atoms with Gasteiger partial charge in [0.05, 0.1) is 27.4 Å². The Balaban J connectivity index is 3.33. The van der Waals surface area contributed by atoms with E-state index in [0.717, 1.165) is 26.2 Å². The maximum absolute atomic E-state index is 13.1. The van der Waals surface area contributed by atoms with Gasteiger partial charge < -0.3 is 18.9 Å². The van der Waals surface area contributed by atoms with Crippen LogP contribution in [0.5, 0.6) is 0 Å². The van der Waals surface area contributed by atoms with Gasteiger partial charge in [0, 0.05) is 12.0 Å². The van der Waals surface area contributed by atoms with E-state index in [2.05, 4.69) is 5.73 Å². The second-order valence-electron chi connectivity index (χ2n) is 6.93. The number of ketones is 1. The molecule has 0 aliphatic carbocycles. The van der Waals surface area contributed by atoms with Crippen LogP contribution in [0.15, 0.2) is 16.9 Å². The van der Waals surface area contributed by atoms with Gasteiger partial charge in [-0.2, -0.15) is 0 Å². The molecule has 0 amide bonds. The molecule has 1 fully saturated rings. The van der Waals surface area contributed by atoms with Gasteiger partial charge in [0.15, 0.2) is 11.6 Å². The topological polar surface area (TPSA) is 88.1 Å². The van der Waals surface area contributed by atoms with Gasteiger partial charge >= 0.3 is 11.9 Å². The molecule has 1 rings (SSSR count). The molecule has 0 aromatic rings. The third-order valence-corrected chi connectivity index (χ3v) is 4.54. The van der Waals surface area contributed by atoms with Gasteiger partial charge in [-0.25, -0.2) is 0 Å². The summed E-state index contributed by atoms with van der Waals surface area (Å²) in [7, 11) is 2.26. The van der Waals surface area contributed by atoms with Crippen LogP contribution < -0.4 is 0 Å². The van der Waals surface area contributed by atoms with Crippen molar-refractivity contribution in [2.75, 3.05) is 27.4 Å². The number of esters is 2. The zero-order valence-corrected chi connectivity index (χ0v) is 17.1. The lowest BCUT2D eigenvalue weighted by Gasteiger charge is -2.24. The first-order valence-electron chi connectivity index (χ1n) is 9.09. The number of hydrogen-bond donors (Lipinski definition) is 0. The van der Waals surface area contributed by atoms with Crippen LogP contribution in [0.4, 0.5) is 0 Å². The van der Waals surface area contributed by atoms with Crippen LogP contribution in [-0.4, -0.2) is 50.9 Å². The van der Waals surface area contributed by atoms with E-state index in [9.17, 15) is 14.4 Å².